The lowest BCUT2D eigenvalue weighted by molar-refractivity contribution is 0.174. The number of hydrogen-bond acceptors (Lipinski definition) is 4. The van der Waals surface area contributed by atoms with E-state index in [-0.39, 0.29) is 12.8 Å². The topological polar surface area (TPSA) is 73.2 Å². The first kappa shape index (κ1) is 9.23. The molecule has 1 aliphatic heterocycles. The largest absolute Gasteiger partial charge is 0.454 e. The van der Waals surface area contributed by atoms with E-state index in [9.17, 15) is 0 Å². The van der Waals surface area contributed by atoms with E-state index in [0.717, 1.165) is 22.9 Å². The lowest BCUT2D eigenvalue weighted by atomic mass is 10.1. The maximum Gasteiger partial charge on any atom is 0.231 e. The van der Waals surface area contributed by atoms with Gasteiger partial charge in [0.2, 0.25) is 6.79 Å². The fourth-order valence-corrected chi connectivity index (χ4v) is 1.71. The van der Waals surface area contributed by atoms with E-state index in [2.05, 4.69) is 9.97 Å². The smallest absolute Gasteiger partial charge is 0.231 e. The second-order valence-electron chi connectivity index (χ2n) is 3.56. The van der Waals surface area contributed by atoms with Crippen LogP contribution < -0.4 is 15.2 Å². The Bertz CT molecular complexity index is 496. The fraction of sp³-hybridized carbons (Fsp3) is 0.182. The normalized spacial score (nSPS) is 15.1. The zero-order valence-electron chi connectivity index (χ0n) is 8.51. The van der Waals surface area contributed by atoms with Crippen LogP contribution in [0.2, 0.25) is 0 Å². The van der Waals surface area contributed by atoms with Crippen molar-refractivity contribution < 1.29 is 9.47 Å². The Balaban J connectivity index is 1.95. The zero-order chi connectivity index (χ0) is 11.0. The van der Waals surface area contributed by atoms with Gasteiger partial charge in [0, 0.05) is 12.4 Å². The predicted molar refractivity (Wildman–Crippen MR) is 57.2 cm³/mol. The summed E-state index contributed by atoms with van der Waals surface area (Å²) < 4.78 is 10.5. The summed E-state index contributed by atoms with van der Waals surface area (Å²) in [6.45, 7) is 0.273. The number of aromatic nitrogens is 2. The van der Waals surface area contributed by atoms with Crippen molar-refractivity contribution in [3.05, 3.63) is 42.0 Å². The van der Waals surface area contributed by atoms with Crippen LogP contribution in [0, 0.1) is 0 Å². The predicted octanol–water partition coefficient (Wildman–Crippen LogP) is 1.19. The second kappa shape index (κ2) is 3.53. The summed E-state index contributed by atoms with van der Waals surface area (Å²) >= 11 is 0. The number of nitrogens with two attached hydrogens (primary N) is 1. The number of rotatable bonds is 2. The minimum Gasteiger partial charge on any atom is -0.454 e. The van der Waals surface area contributed by atoms with Gasteiger partial charge in [0.1, 0.15) is 5.82 Å². The van der Waals surface area contributed by atoms with Crippen LogP contribution in [0.15, 0.2) is 30.6 Å². The van der Waals surface area contributed by atoms with Crippen molar-refractivity contribution in [1.82, 2.24) is 9.97 Å². The Morgan fingerprint density at radius 1 is 1.31 bits per heavy atom. The van der Waals surface area contributed by atoms with E-state index in [1.807, 2.05) is 18.2 Å². The molecule has 5 heteroatoms. The monoisotopic (exact) mass is 217 g/mol. The lowest BCUT2D eigenvalue weighted by Gasteiger charge is -2.09. The molecule has 0 spiro atoms. The van der Waals surface area contributed by atoms with Gasteiger partial charge in [0.25, 0.3) is 0 Å². The molecule has 0 amide bonds. The number of H-pyrrole nitrogens is 1. The molecule has 1 aliphatic rings. The van der Waals surface area contributed by atoms with Gasteiger partial charge in [-0.25, -0.2) is 4.98 Å². The van der Waals surface area contributed by atoms with E-state index >= 15 is 0 Å². The van der Waals surface area contributed by atoms with Crippen LogP contribution in [-0.4, -0.2) is 16.8 Å². The molecule has 2 aromatic rings. The summed E-state index contributed by atoms with van der Waals surface area (Å²) in [7, 11) is 0. The molecule has 0 saturated heterocycles. The number of nitrogens with zero attached hydrogens (tertiary/aromatic N) is 1. The number of imidazole rings is 1. The van der Waals surface area contributed by atoms with Crippen LogP contribution in [-0.2, 0) is 0 Å². The van der Waals surface area contributed by atoms with Gasteiger partial charge in [-0.1, -0.05) is 6.07 Å². The van der Waals surface area contributed by atoms with E-state index in [1.165, 1.54) is 0 Å². The third-order valence-corrected chi connectivity index (χ3v) is 2.57. The molecule has 1 unspecified atom stereocenters. The number of benzene rings is 1. The van der Waals surface area contributed by atoms with E-state index in [0.29, 0.717) is 0 Å². The highest BCUT2D eigenvalue weighted by molar-refractivity contribution is 5.46. The van der Waals surface area contributed by atoms with E-state index in [1.54, 1.807) is 12.4 Å². The molecule has 0 radical (unpaired) electrons. The summed E-state index contributed by atoms with van der Waals surface area (Å²) in [5.41, 5.74) is 7.01. The summed E-state index contributed by atoms with van der Waals surface area (Å²) in [4.78, 5) is 7.13. The molecule has 2 heterocycles. The first-order valence-corrected chi connectivity index (χ1v) is 4.99. The van der Waals surface area contributed by atoms with Crippen LogP contribution >= 0.6 is 0 Å². The highest BCUT2D eigenvalue weighted by atomic mass is 16.7. The number of aromatic amines is 1. The Hall–Kier alpha value is -2.01. The van der Waals surface area contributed by atoms with Crippen molar-refractivity contribution in [2.45, 2.75) is 6.04 Å². The fourth-order valence-electron chi connectivity index (χ4n) is 1.71. The van der Waals surface area contributed by atoms with Gasteiger partial charge in [-0.3, -0.25) is 0 Å². The highest BCUT2D eigenvalue weighted by Crippen LogP contribution is 2.34. The Kier molecular flexibility index (Phi) is 2.04. The minimum absolute atomic E-state index is 0.273. The third-order valence-electron chi connectivity index (χ3n) is 2.57. The molecule has 0 saturated carbocycles. The van der Waals surface area contributed by atoms with Crippen molar-refractivity contribution >= 4 is 0 Å². The molecule has 1 aromatic heterocycles. The zero-order valence-corrected chi connectivity index (χ0v) is 8.51. The van der Waals surface area contributed by atoms with Crippen LogP contribution in [0.1, 0.15) is 17.4 Å². The molecule has 0 bridgehead atoms. The van der Waals surface area contributed by atoms with Crippen LogP contribution in [0.4, 0.5) is 0 Å². The van der Waals surface area contributed by atoms with Crippen molar-refractivity contribution in [2.75, 3.05) is 6.79 Å². The standard InChI is InChI=1S/C11H11N3O2/c12-10(11-13-3-4-14-11)7-1-2-8-9(5-7)16-6-15-8/h1-5,10H,6,12H2,(H,13,14). The molecular formula is C11H11N3O2. The Morgan fingerprint density at radius 3 is 3.00 bits per heavy atom. The quantitative estimate of drug-likeness (QED) is 0.792. The molecule has 1 aromatic carbocycles. The first-order valence-electron chi connectivity index (χ1n) is 4.99. The van der Waals surface area contributed by atoms with Crippen LogP contribution in [0.5, 0.6) is 11.5 Å². The minimum atomic E-state index is -0.274. The molecule has 0 aliphatic carbocycles. The van der Waals surface area contributed by atoms with Crippen molar-refractivity contribution in [1.29, 1.82) is 0 Å². The molecule has 1 atom stereocenters. The van der Waals surface area contributed by atoms with Gasteiger partial charge in [0.05, 0.1) is 6.04 Å². The summed E-state index contributed by atoms with van der Waals surface area (Å²) in [5, 5.41) is 0. The SMILES string of the molecule is NC(c1ccc2c(c1)OCO2)c1ncc[nH]1. The van der Waals surface area contributed by atoms with Crippen molar-refractivity contribution in [3.8, 4) is 11.5 Å². The number of hydrogen-bond donors (Lipinski definition) is 2. The maximum absolute atomic E-state index is 6.06. The number of fused-ring (bicyclic) bond motifs is 1. The molecule has 0 fully saturated rings. The molecule has 5 nitrogen and oxygen atoms in total. The third kappa shape index (κ3) is 1.42. The average Bonchev–Trinajstić information content (AvgIpc) is 2.98. The van der Waals surface area contributed by atoms with Gasteiger partial charge in [-0.15, -0.1) is 0 Å². The van der Waals surface area contributed by atoms with E-state index < -0.39 is 0 Å². The van der Waals surface area contributed by atoms with Crippen LogP contribution in [0.3, 0.4) is 0 Å². The summed E-state index contributed by atoms with van der Waals surface area (Å²) in [6.07, 6.45) is 3.43. The van der Waals surface area contributed by atoms with Gasteiger partial charge in [-0.05, 0) is 17.7 Å². The molecule has 82 valence electrons. The highest BCUT2D eigenvalue weighted by Gasteiger charge is 2.17. The van der Waals surface area contributed by atoms with Gasteiger partial charge < -0.3 is 20.2 Å². The van der Waals surface area contributed by atoms with E-state index in [4.69, 9.17) is 15.2 Å². The van der Waals surface area contributed by atoms with Crippen molar-refractivity contribution in [3.63, 3.8) is 0 Å². The second-order valence-corrected chi connectivity index (χ2v) is 3.56. The van der Waals surface area contributed by atoms with Gasteiger partial charge in [-0.2, -0.15) is 0 Å². The molecular weight excluding hydrogens is 206 g/mol. The van der Waals surface area contributed by atoms with Gasteiger partial charge >= 0.3 is 0 Å². The van der Waals surface area contributed by atoms with Crippen molar-refractivity contribution in [2.24, 2.45) is 5.73 Å². The lowest BCUT2D eigenvalue weighted by Crippen LogP contribution is -2.13. The summed E-state index contributed by atoms with van der Waals surface area (Å²) in [5.74, 6) is 2.23. The first-order chi connectivity index (χ1) is 7.84. The summed E-state index contributed by atoms with van der Waals surface area (Å²) in [6, 6.07) is 5.39. The van der Waals surface area contributed by atoms with Crippen LogP contribution in [0.25, 0.3) is 0 Å². The number of nitrogens with one attached hydrogen (secondary N) is 1. The van der Waals surface area contributed by atoms with Gasteiger partial charge in [0.15, 0.2) is 11.5 Å². The number of ether oxygens (including phenoxy) is 2. The Labute approximate surface area is 92.2 Å². The molecule has 3 N–H and O–H groups in total. The Morgan fingerprint density at radius 2 is 2.19 bits per heavy atom. The molecule has 3 rings (SSSR count). The average molecular weight is 217 g/mol. The molecule has 16 heavy (non-hydrogen) atoms. The maximum atomic E-state index is 6.06.